The molecule has 128 valence electrons. The second kappa shape index (κ2) is 5.84. The molecule has 5 rings (SSSR count). The van der Waals surface area contributed by atoms with Gasteiger partial charge in [-0.15, -0.1) is 0 Å². The number of furan rings is 1. The maximum Gasteiger partial charge on any atom is 0.416 e. The summed E-state index contributed by atoms with van der Waals surface area (Å²) in [5.74, 6) is 0.482. The third-order valence-corrected chi connectivity index (χ3v) is 5.05. The highest BCUT2D eigenvalue weighted by Crippen LogP contribution is 2.35. The quantitative estimate of drug-likeness (QED) is 0.817. The molecule has 3 aliphatic rings. The molecule has 1 aromatic carbocycles. The van der Waals surface area contributed by atoms with Gasteiger partial charge in [0.05, 0.1) is 11.3 Å². The van der Waals surface area contributed by atoms with Gasteiger partial charge in [0.1, 0.15) is 12.0 Å². The van der Waals surface area contributed by atoms with Gasteiger partial charge in [-0.3, -0.25) is 0 Å². The Bertz CT molecular complexity index is 717. The molecule has 3 fully saturated rings. The fourth-order valence-electron chi connectivity index (χ4n) is 3.70. The van der Waals surface area contributed by atoms with Crippen molar-refractivity contribution in [1.29, 1.82) is 0 Å². The van der Waals surface area contributed by atoms with Crippen molar-refractivity contribution < 1.29 is 17.6 Å². The highest BCUT2D eigenvalue weighted by molar-refractivity contribution is 5.64. The Morgan fingerprint density at radius 3 is 2.54 bits per heavy atom. The number of hydrogen-bond acceptors (Lipinski definition) is 3. The summed E-state index contributed by atoms with van der Waals surface area (Å²) in [4.78, 5) is 4.80. The fourth-order valence-corrected chi connectivity index (χ4v) is 3.70. The average molecular weight is 336 g/mol. The lowest BCUT2D eigenvalue weighted by Gasteiger charge is -2.31. The number of anilines is 1. The lowest BCUT2D eigenvalue weighted by molar-refractivity contribution is -0.137. The first-order valence-electron chi connectivity index (χ1n) is 8.26. The van der Waals surface area contributed by atoms with Crippen molar-refractivity contribution in [2.75, 3.05) is 31.1 Å². The molecule has 0 amide bonds. The zero-order valence-corrected chi connectivity index (χ0v) is 13.2. The van der Waals surface area contributed by atoms with E-state index in [1.165, 1.54) is 6.07 Å². The molecular formula is C18H19F3N2O. The van der Waals surface area contributed by atoms with Crippen molar-refractivity contribution in [3.05, 3.63) is 42.2 Å². The fraction of sp³-hybridized carbons (Fsp3) is 0.444. The minimum Gasteiger partial charge on any atom is -0.462 e. The summed E-state index contributed by atoms with van der Waals surface area (Å²) < 4.78 is 44.2. The van der Waals surface area contributed by atoms with E-state index in [0.29, 0.717) is 17.4 Å². The lowest BCUT2D eigenvalue weighted by atomic mass is 10.0. The summed E-state index contributed by atoms with van der Waals surface area (Å²) in [5.41, 5.74) is 0.772. The van der Waals surface area contributed by atoms with Crippen LogP contribution in [0.2, 0.25) is 0 Å². The molecule has 0 aliphatic carbocycles. The van der Waals surface area contributed by atoms with Gasteiger partial charge >= 0.3 is 6.18 Å². The highest BCUT2D eigenvalue weighted by Gasteiger charge is 2.32. The summed E-state index contributed by atoms with van der Waals surface area (Å²) >= 11 is 0. The Balaban J connectivity index is 1.61. The second-order valence-electron chi connectivity index (χ2n) is 6.51. The van der Waals surface area contributed by atoms with Crippen LogP contribution < -0.4 is 4.90 Å². The Hall–Kier alpha value is -1.95. The zero-order chi connectivity index (χ0) is 16.7. The number of piperidine rings is 1. The maximum atomic E-state index is 12.9. The molecule has 2 bridgehead atoms. The van der Waals surface area contributed by atoms with E-state index in [0.717, 1.165) is 56.8 Å². The molecule has 0 atom stereocenters. The minimum atomic E-state index is -4.34. The van der Waals surface area contributed by atoms with Crippen LogP contribution in [0.15, 0.2) is 41.0 Å². The van der Waals surface area contributed by atoms with Crippen LogP contribution in [0.25, 0.3) is 11.3 Å². The molecule has 6 heteroatoms. The van der Waals surface area contributed by atoms with Gasteiger partial charge in [-0.2, -0.15) is 13.2 Å². The van der Waals surface area contributed by atoms with Crippen LogP contribution in [0.5, 0.6) is 0 Å². The predicted octanol–water partition coefficient (Wildman–Crippen LogP) is 4.25. The normalized spacial score (nSPS) is 24.2. The summed E-state index contributed by atoms with van der Waals surface area (Å²) in [5, 5.41) is 0. The number of hydrogen-bond donors (Lipinski definition) is 0. The van der Waals surface area contributed by atoms with Crippen LogP contribution in [0, 0.1) is 0 Å². The summed E-state index contributed by atoms with van der Waals surface area (Å²) in [6, 6.07) is 7.65. The first-order valence-corrected chi connectivity index (χ1v) is 8.26. The molecule has 0 radical (unpaired) electrons. The van der Waals surface area contributed by atoms with Crippen molar-refractivity contribution in [1.82, 2.24) is 4.90 Å². The monoisotopic (exact) mass is 336 g/mol. The Morgan fingerprint density at radius 2 is 1.79 bits per heavy atom. The second-order valence-corrected chi connectivity index (χ2v) is 6.51. The van der Waals surface area contributed by atoms with E-state index >= 15 is 0 Å². The SMILES string of the molecule is FC(F)(F)c1cccc(-c2cc(N3CCN4CCC3CC4)co2)c1. The number of nitrogens with zero attached hydrogens (tertiary/aromatic N) is 2. The van der Waals surface area contributed by atoms with Gasteiger partial charge in [0, 0.05) is 43.9 Å². The van der Waals surface area contributed by atoms with Crippen LogP contribution in [-0.4, -0.2) is 37.1 Å². The number of fused-ring (bicyclic) bond motifs is 4. The van der Waals surface area contributed by atoms with Crippen LogP contribution in [0.3, 0.4) is 0 Å². The van der Waals surface area contributed by atoms with Gasteiger partial charge < -0.3 is 14.2 Å². The molecule has 3 nitrogen and oxygen atoms in total. The summed E-state index contributed by atoms with van der Waals surface area (Å²) in [6.45, 7) is 4.21. The number of alkyl halides is 3. The van der Waals surface area contributed by atoms with E-state index in [1.54, 1.807) is 12.3 Å². The van der Waals surface area contributed by atoms with Crippen LogP contribution in [0.1, 0.15) is 18.4 Å². The lowest BCUT2D eigenvalue weighted by Crippen LogP contribution is -2.37. The van der Waals surface area contributed by atoms with Crippen molar-refractivity contribution in [3.8, 4) is 11.3 Å². The third kappa shape index (κ3) is 2.90. The van der Waals surface area contributed by atoms with Crippen molar-refractivity contribution in [2.45, 2.75) is 25.1 Å². The first kappa shape index (κ1) is 15.6. The Kier molecular flexibility index (Phi) is 3.79. The molecule has 1 aromatic heterocycles. The molecule has 24 heavy (non-hydrogen) atoms. The summed E-state index contributed by atoms with van der Waals surface area (Å²) in [7, 11) is 0. The van der Waals surface area contributed by atoms with Gasteiger partial charge in [-0.05, 0) is 25.0 Å². The van der Waals surface area contributed by atoms with Gasteiger partial charge in [-0.1, -0.05) is 12.1 Å². The van der Waals surface area contributed by atoms with E-state index in [-0.39, 0.29) is 0 Å². The Morgan fingerprint density at radius 1 is 1.00 bits per heavy atom. The molecule has 2 aromatic rings. The van der Waals surface area contributed by atoms with E-state index in [2.05, 4.69) is 9.80 Å². The predicted molar refractivity (Wildman–Crippen MR) is 86.0 cm³/mol. The largest absolute Gasteiger partial charge is 0.462 e. The number of halogens is 3. The number of rotatable bonds is 2. The van der Waals surface area contributed by atoms with E-state index in [1.807, 2.05) is 6.07 Å². The third-order valence-electron chi connectivity index (χ3n) is 5.05. The zero-order valence-electron chi connectivity index (χ0n) is 13.2. The highest BCUT2D eigenvalue weighted by atomic mass is 19.4. The standard InChI is InChI=1S/C18H19F3N2O/c19-18(20,21)14-3-1-2-13(10-14)17-11-16(12-24-17)23-9-8-22-6-4-15(23)5-7-22/h1-3,10-12,15H,4-9H2. The minimum absolute atomic E-state index is 0.457. The van der Waals surface area contributed by atoms with E-state index in [9.17, 15) is 13.2 Å². The molecule has 0 spiro atoms. The van der Waals surface area contributed by atoms with Crippen molar-refractivity contribution in [2.24, 2.45) is 0 Å². The molecule has 3 saturated heterocycles. The average Bonchev–Trinajstić information content (AvgIpc) is 2.87. The van der Waals surface area contributed by atoms with Gasteiger partial charge in [0.2, 0.25) is 0 Å². The molecular weight excluding hydrogens is 317 g/mol. The maximum absolute atomic E-state index is 12.9. The van der Waals surface area contributed by atoms with Crippen LogP contribution >= 0.6 is 0 Å². The van der Waals surface area contributed by atoms with E-state index < -0.39 is 11.7 Å². The smallest absolute Gasteiger partial charge is 0.416 e. The Labute approximate surface area is 138 Å². The van der Waals surface area contributed by atoms with Gasteiger partial charge in [-0.25, -0.2) is 0 Å². The van der Waals surface area contributed by atoms with E-state index in [4.69, 9.17) is 4.42 Å². The van der Waals surface area contributed by atoms with Crippen LogP contribution in [-0.2, 0) is 6.18 Å². The summed E-state index contributed by atoms with van der Waals surface area (Å²) in [6.07, 6.45) is -0.415. The molecule has 0 unspecified atom stereocenters. The number of benzene rings is 1. The van der Waals surface area contributed by atoms with Crippen molar-refractivity contribution >= 4 is 5.69 Å². The van der Waals surface area contributed by atoms with Crippen LogP contribution in [0.4, 0.5) is 18.9 Å². The topological polar surface area (TPSA) is 19.6 Å². The molecule has 0 saturated carbocycles. The molecule has 3 aliphatic heterocycles. The van der Waals surface area contributed by atoms with Gasteiger partial charge in [0.25, 0.3) is 0 Å². The first-order chi connectivity index (χ1) is 11.5. The molecule has 0 N–H and O–H groups in total. The molecule has 4 heterocycles. The van der Waals surface area contributed by atoms with Gasteiger partial charge in [0.15, 0.2) is 0 Å². The van der Waals surface area contributed by atoms with Crippen molar-refractivity contribution in [3.63, 3.8) is 0 Å².